The van der Waals surface area contributed by atoms with Gasteiger partial charge in [-0.2, -0.15) is 0 Å². The molecule has 0 saturated carbocycles. The molecule has 1 aliphatic carbocycles. The van der Waals surface area contributed by atoms with E-state index in [2.05, 4.69) is 31.3 Å². The van der Waals surface area contributed by atoms with E-state index in [1.807, 2.05) is 0 Å². The lowest BCUT2D eigenvalue weighted by atomic mass is 9.94. The molecule has 0 aliphatic heterocycles. The molecule has 0 radical (unpaired) electrons. The molecule has 1 heteroatoms. The van der Waals surface area contributed by atoms with Crippen LogP contribution in [-0.2, 0) is 0 Å². The monoisotopic (exact) mass is 237 g/mol. The van der Waals surface area contributed by atoms with Gasteiger partial charge in [0, 0.05) is 0 Å². The van der Waals surface area contributed by atoms with Crippen LogP contribution in [0.3, 0.4) is 0 Å². The Labute approximate surface area is 108 Å². The third kappa shape index (κ3) is 8.43. The van der Waals surface area contributed by atoms with Gasteiger partial charge in [0.25, 0.3) is 0 Å². The van der Waals surface area contributed by atoms with Gasteiger partial charge in [-0.3, -0.25) is 0 Å². The third-order valence-electron chi connectivity index (χ3n) is 3.70. The fourth-order valence-corrected chi connectivity index (χ4v) is 2.50. The highest BCUT2D eigenvalue weighted by molar-refractivity contribution is 4.90. The molecule has 0 saturated heterocycles. The van der Waals surface area contributed by atoms with Crippen molar-refractivity contribution in [2.24, 2.45) is 11.8 Å². The van der Waals surface area contributed by atoms with Gasteiger partial charge in [-0.05, 0) is 50.6 Å². The van der Waals surface area contributed by atoms with Crippen LogP contribution >= 0.6 is 0 Å². The quantitative estimate of drug-likeness (QED) is 0.458. The van der Waals surface area contributed by atoms with Crippen molar-refractivity contribution < 1.29 is 0 Å². The standard InChI is InChI=1S/C16H31N/c1-15(2)10-6-3-4-9-13-17-14-16-11-7-5-8-12-16/h5,7,15-17H,3-4,6,8-14H2,1-2H3. The van der Waals surface area contributed by atoms with Crippen molar-refractivity contribution in [3.63, 3.8) is 0 Å². The van der Waals surface area contributed by atoms with Crippen molar-refractivity contribution in [2.45, 2.75) is 65.2 Å². The van der Waals surface area contributed by atoms with Gasteiger partial charge in [-0.25, -0.2) is 0 Å². The van der Waals surface area contributed by atoms with Gasteiger partial charge in [0.05, 0.1) is 0 Å². The van der Waals surface area contributed by atoms with Crippen molar-refractivity contribution >= 4 is 0 Å². The fourth-order valence-electron chi connectivity index (χ4n) is 2.50. The maximum Gasteiger partial charge on any atom is -0.00174 e. The summed E-state index contributed by atoms with van der Waals surface area (Å²) in [4.78, 5) is 0. The van der Waals surface area contributed by atoms with E-state index in [1.165, 1.54) is 64.5 Å². The fraction of sp³-hybridized carbons (Fsp3) is 0.875. The minimum absolute atomic E-state index is 0.882. The molecule has 0 bridgehead atoms. The summed E-state index contributed by atoms with van der Waals surface area (Å²) in [6.07, 6.45) is 15.7. The van der Waals surface area contributed by atoms with E-state index in [4.69, 9.17) is 0 Å². The van der Waals surface area contributed by atoms with Crippen LogP contribution in [0.4, 0.5) is 0 Å². The van der Waals surface area contributed by atoms with Gasteiger partial charge < -0.3 is 5.32 Å². The minimum Gasteiger partial charge on any atom is -0.316 e. The SMILES string of the molecule is CC(C)CCCCCCNCC1CC=CCC1. The summed E-state index contributed by atoms with van der Waals surface area (Å²) in [6, 6.07) is 0. The Morgan fingerprint density at radius 1 is 1.12 bits per heavy atom. The van der Waals surface area contributed by atoms with Gasteiger partial charge in [0.1, 0.15) is 0 Å². The summed E-state index contributed by atoms with van der Waals surface area (Å²) < 4.78 is 0. The zero-order valence-electron chi connectivity index (χ0n) is 11.9. The summed E-state index contributed by atoms with van der Waals surface area (Å²) in [5.74, 6) is 1.79. The number of hydrogen-bond acceptors (Lipinski definition) is 1. The average molecular weight is 237 g/mol. The predicted molar refractivity (Wildman–Crippen MR) is 77.3 cm³/mol. The highest BCUT2D eigenvalue weighted by Gasteiger charge is 2.08. The Bertz CT molecular complexity index is 196. The average Bonchev–Trinajstić information content (AvgIpc) is 2.33. The first-order valence-electron chi connectivity index (χ1n) is 7.64. The normalized spacial score (nSPS) is 20.1. The topological polar surface area (TPSA) is 12.0 Å². The van der Waals surface area contributed by atoms with Gasteiger partial charge in [-0.1, -0.05) is 51.7 Å². The van der Waals surface area contributed by atoms with Gasteiger partial charge in [0.2, 0.25) is 0 Å². The van der Waals surface area contributed by atoms with Crippen LogP contribution in [0, 0.1) is 11.8 Å². The second-order valence-corrected chi connectivity index (χ2v) is 5.95. The van der Waals surface area contributed by atoms with Gasteiger partial charge in [0.15, 0.2) is 0 Å². The molecule has 1 rings (SSSR count). The number of unbranched alkanes of at least 4 members (excludes halogenated alkanes) is 3. The highest BCUT2D eigenvalue weighted by atomic mass is 14.8. The van der Waals surface area contributed by atoms with Crippen LogP contribution < -0.4 is 5.32 Å². The molecule has 0 aromatic heterocycles. The second kappa shape index (κ2) is 9.70. The first-order valence-corrected chi connectivity index (χ1v) is 7.64. The molecule has 1 atom stereocenters. The molecule has 0 aromatic carbocycles. The van der Waals surface area contributed by atoms with Crippen molar-refractivity contribution in [1.29, 1.82) is 0 Å². The third-order valence-corrected chi connectivity index (χ3v) is 3.70. The van der Waals surface area contributed by atoms with Crippen LogP contribution in [-0.4, -0.2) is 13.1 Å². The molecule has 1 nitrogen and oxygen atoms in total. The molecule has 1 unspecified atom stereocenters. The van der Waals surface area contributed by atoms with Crippen molar-refractivity contribution in [3.8, 4) is 0 Å². The lowest BCUT2D eigenvalue weighted by Gasteiger charge is -2.18. The molecular weight excluding hydrogens is 206 g/mol. The maximum atomic E-state index is 3.62. The second-order valence-electron chi connectivity index (χ2n) is 5.95. The molecule has 0 aromatic rings. The summed E-state index contributed by atoms with van der Waals surface area (Å²) in [5, 5.41) is 3.62. The molecule has 100 valence electrons. The van der Waals surface area contributed by atoms with Crippen LogP contribution in [0.2, 0.25) is 0 Å². The van der Waals surface area contributed by atoms with E-state index in [0.29, 0.717) is 0 Å². The van der Waals surface area contributed by atoms with E-state index < -0.39 is 0 Å². The molecule has 17 heavy (non-hydrogen) atoms. The van der Waals surface area contributed by atoms with Crippen molar-refractivity contribution in [1.82, 2.24) is 5.32 Å². The number of allylic oxidation sites excluding steroid dienone is 2. The van der Waals surface area contributed by atoms with Crippen molar-refractivity contribution in [2.75, 3.05) is 13.1 Å². The number of hydrogen-bond donors (Lipinski definition) is 1. The van der Waals surface area contributed by atoms with Gasteiger partial charge in [-0.15, -0.1) is 0 Å². The van der Waals surface area contributed by atoms with E-state index in [-0.39, 0.29) is 0 Å². The molecular formula is C16H31N. The Morgan fingerprint density at radius 2 is 1.94 bits per heavy atom. The predicted octanol–water partition coefficient (Wildman–Crippen LogP) is 4.54. The minimum atomic E-state index is 0.882. The number of nitrogens with one attached hydrogen (secondary N) is 1. The van der Waals surface area contributed by atoms with Crippen LogP contribution in [0.25, 0.3) is 0 Å². The lowest BCUT2D eigenvalue weighted by molar-refractivity contribution is 0.434. The Balaban J connectivity index is 1.79. The van der Waals surface area contributed by atoms with E-state index >= 15 is 0 Å². The first-order chi connectivity index (χ1) is 8.29. The summed E-state index contributed by atoms with van der Waals surface area (Å²) >= 11 is 0. The largest absolute Gasteiger partial charge is 0.316 e. The number of rotatable bonds is 9. The molecule has 0 fully saturated rings. The smallest absolute Gasteiger partial charge is 0.00174 e. The van der Waals surface area contributed by atoms with Crippen LogP contribution in [0.15, 0.2) is 12.2 Å². The summed E-state index contributed by atoms with van der Waals surface area (Å²) in [6.45, 7) is 7.10. The van der Waals surface area contributed by atoms with Gasteiger partial charge >= 0.3 is 0 Å². The molecule has 0 spiro atoms. The van der Waals surface area contributed by atoms with E-state index in [0.717, 1.165) is 11.8 Å². The first kappa shape index (κ1) is 14.8. The zero-order chi connectivity index (χ0) is 12.3. The van der Waals surface area contributed by atoms with E-state index in [9.17, 15) is 0 Å². The van der Waals surface area contributed by atoms with Crippen LogP contribution in [0.5, 0.6) is 0 Å². The van der Waals surface area contributed by atoms with E-state index in [1.54, 1.807) is 0 Å². The Kier molecular flexibility index (Phi) is 8.42. The molecule has 1 aliphatic rings. The summed E-state index contributed by atoms with van der Waals surface area (Å²) in [5.41, 5.74) is 0. The lowest BCUT2D eigenvalue weighted by Crippen LogP contribution is -2.24. The summed E-state index contributed by atoms with van der Waals surface area (Å²) in [7, 11) is 0. The molecule has 0 amide bonds. The zero-order valence-corrected chi connectivity index (χ0v) is 11.9. The Morgan fingerprint density at radius 3 is 2.65 bits per heavy atom. The molecule has 1 N–H and O–H groups in total. The highest BCUT2D eigenvalue weighted by Crippen LogP contribution is 2.16. The Hall–Kier alpha value is -0.300. The van der Waals surface area contributed by atoms with Crippen LogP contribution in [0.1, 0.15) is 65.2 Å². The molecule has 0 heterocycles. The maximum absolute atomic E-state index is 3.62. The van der Waals surface area contributed by atoms with Crippen molar-refractivity contribution in [3.05, 3.63) is 12.2 Å².